The summed E-state index contributed by atoms with van der Waals surface area (Å²) in [5.74, 6) is 0.0741. The molecule has 0 heterocycles. The molecule has 15 heavy (non-hydrogen) atoms. The van der Waals surface area contributed by atoms with Crippen LogP contribution in [0, 0.1) is 0 Å². The van der Waals surface area contributed by atoms with E-state index in [1.54, 1.807) is 0 Å². The zero-order valence-electron chi connectivity index (χ0n) is 9.57. The number of hydrogen-bond donors (Lipinski definition) is 1. The molecule has 3 nitrogen and oxygen atoms in total. The number of carbonyl (C=O) groups excluding carboxylic acids is 1. The molecule has 0 amide bonds. The molecule has 0 spiro atoms. The number of ether oxygens (including phenoxy) is 1. The van der Waals surface area contributed by atoms with Gasteiger partial charge in [0.15, 0.2) is 0 Å². The normalized spacial score (nSPS) is 10.9. The van der Waals surface area contributed by atoms with Gasteiger partial charge >= 0.3 is 5.97 Å². The Hall–Kier alpha value is -1.35. The first-order valence-corrected chi connectivity index (χ1v) is 4.93. The van der Waals surface area contributed by atoms with Gasteiger partial charge in [0.25, 0.3) is 0 Å². The van der Waals surface area contributed by atoms with Crippen LogP contribution < -0.4 is 5.73 Å². The molecule has 2 N–H and O–H groups in total. The Morgan fingerprint density at radius 2 is 1.87 bits per heavy atom. The van der Waals surface area contributed by atoms with Gasteiger partial charge in [-0.15, -0.1) is 0 Å². The van der Waals surface area contributed by atoms with Crippen molar-refractivity contribution in [3.05, 3.63) is 35.9 Å². The first kappa shape index (κ1) is 13.7. The summed E-state index contributed by atoms with van der Waals surface area (Å²) < 4.78 is 4.60. The van der Waals surface area contributed by atoms with E-state index in [1.807, 2.05) is 37.3 Å². The van der Waals surface area contributed by atoms with Crippen LogP contribution in [0.15, 0.2) is 30.3 Å². The molecule has 3 heteroatoms. The van der Waals surface area contributed by atoms with Crippen LogP contribution >= 0.6 is 0 Å². The minimum atomic E-state index is -0.156. The van der Waals surface area contributed by atoms with E-state index in [9.17, 15) is 4.79 Å². The molecule has 84 valence electrons. The average molecular weight is 209 g/mol. The second-order valence-corrected chi connectivity index (χ2v) is 3.09. The molecule has 0 saturated carbocycles. The highest BCUT2D eigenvalue weighted by Crippen LogP contribution is 2.18. The molecular formula is C12H19NO2. The molecule has 0 aliphatic carbocycles. The monoisotopic (exact) mass is 209 g/mol. The van der Waals surface area contributed by atoms with Crippen molar-refractivity contribution < 1.29 is 9.53 Å². The van der Waals surface area contributed by atoms with Gasteiger partial charge in [0, 0.05) is 0 Å². The van der Waals surface area contributed by atoms with Crippen molar-refractivity contribution in [1.82, 2.24) is 0 Å². The Morgan fingerprint density at radius 1 is 1.33 bits per heavy atom. The van der Waals surface area contributed by atoms with Crippen molar-refractivity contribution in [1.29, 1.82) is 0 Å². The van der Waals surface area contributed by atoms with Crippen molar-refractivity contribution in [2.24, 2.45) is 5.73 Å². The lowest BCUT2D eigenvalue weighted by Crippen LogP contribution is -2.05. The number of carbonyl (C=O) groups is 1. The summed E-state index contributed by atoms with van der Waals surface area (Å²) in [6.07, 6.45) is 0.445. The summed E-state index contributed by atoms with van der Waals surface area (Å²) in [5.41, 5.74) is 5.67. The van der Waals surface area contributed by atoms with Gasteiger partial charge in [-0.25, -0.2) is 0 Å². The van der Waals surface area contributed by atoms with Crippen LogP contribution in [0.5, 0.6) is 0 Å². The van der Waals surface area contributed by atoms with E-state index in [0.717, 1.165) is 0 Å². The second-order valence-electron chi connectivity index (χ2n) is 3.09. The molecular weight excluding hydrogens is 190 g/mol. The lowest BCUT2D eigenvalue weighted by Gasteiger charge is -2.09. The Labute approximate surface area is 91.2 Å². The molecule has 0 fully saturated rings. The maximum absolute atomic E-state index is 11.0. The van der Waals surface area contributed by atoms with E-state index in [4.69, 9.17) is 0 Å². The van der Waals surface area contributed by atoms with Gasteiger partial charge in [-0.3, -0.25) is 4.79 Å². The summed E-state index contributed by atoms with van der Waals surface area (Å²) in [5, 5.41) is 0. The lowest BCUT2D eigenvalue weighted by molar-refractivity contribution is -0.140. The van der Waals surface area contributed by atoms with Crippen molar-refractivity contribution in [2.45, 2.75) is 19.3 Å². The SMILES string of the molecule is CN.COC(=O)CC(C)c1ccccc1. The predicted octanol–water partition coefficient (Wildman–Crippen LogP) is 1.93. The molecule has 1 unspecified atom stereocenters. The maximum atomic E-state index is 11.0. The van der Waals surface area contributed by atoms with Crippen LogP contribution in [0.1, 0.15) is 24.8 Å². The predicted molar refractivity (Wildman–Crippen MR) is 61.6 cm³/mol. The van der Waals surface area contributed by atoms with Gasteiger partial charge in [-0.05, 0) is 18.5 Å². The first-order chi connectivity index (χ1) is 7.24. The van der Waals surface area contributed by atoms with Gasteiger partial charge in [-0.1, -0.05) is 37.3 Å². The summed E-state index contributed by atoms with van der Waals surface area (Å²) >= 11 is 0. The fraction of sp³-hybridized carbons (Fsp3) is 0.417. The molecule has 1 aromatic rings. The number of benzene rings is 1. The third-order valence-electron chi connectivity index (χ3n) is 2.07. The van der Waals surface area contributed by atoms with Gasteiger partial charge in [0.1, 0.15) is 0 Å². The van der Waals surface area contributed by atoms with Crippen molar-refractivity contribution in [3.8, 4) is 0 Å². The fourth-order valence-electron chi connectivity index (χ4n) is 1.23. The summed E-state index contributed by atoms with van der Waals surface area (Å²) in [6.45, 7) is 2.02. The maximum Gasteiger partial charge on any atom is 0.306 e. The van der Waals surface area contributed by atoms with E-state index in [2.05, 4.69) is 10.5 Å². The summed E-state index contributed by atoms with van der Waals surface area (Å²) in [7, 11) is 2.92. The van der Waals surface area contributed by atoms with Crippen LogP contribution in [0.3, 0.4) is 0 Å². The molecule has 0 aliphatic rings. The van der Waals surface area contributed by atoms with Gasteiger partial charge in [0.2, 0.25) is 0 Å². The minimum absolute atomic E-state index is 0.156. The van der Waals surface area contributed by atoms with Crippen molar-refractivity contribution >= 4 is 5.97 Å². The third-order valence-corrected chi connectivity index (χ3v) is 2.07. The lowest BCUT2D eigenvalue weighted by atomic mass is 9.98. The van der Waals surface area contributed by atoms with Gasteiger partial charge < -0.3 is 10.5 Å². The minimum Gasteiger partial charge on any atom is -0.469 e. The number of nitrogens with two attached hydrogens (primary N) is 1. The van der Waals surface area contributed by atoms with E-state index in [-0.39, 0.29) is 11.9 Å². The Morgan fingerprint density at radius 3 is 2.33 bits per heavy atom. The standard InChI is InChI=1S/C11H14O2.CH5N/c1-9(8-11(12)13-2)10-6-4-3-5-7-10;1-2/h3-7,9H,8H2,1-2H3;2H2,1H3. The Kier molecular flexibility index (Phi) is 7.28. The van der Waals surface area contributed by atoms with Gasteiger partial charge in [-0.2, -0.15) is 0 Å². The first-order valence-electron chi connectivity index (χ1n) is 4.93. The molecule has 0 aliphatic heterocycles. The molecule has 1 atom stereocenters. The van der Waals surface area contributed by atoms with Crippen LogP contribution in [-0.4, -0.2) is 20.1 Å². The number of methoxy groups -OCH3 is 1. The number of esters is 1. The molecule has 1 rings (SSSR count). The van der Waals surface area contributed by atoms with Crippen LogP contribution in [0.2, 0.25) is 0 Å². The largest absolute Gasteiger partial charge is 0.469 e. The highest BCUT2D eigenvalue weighted by molar-refractivity contribution is 5.70. The topological polar surface area (TPSA) is 52.3 Å². The van der Waals surface area contributed by atoms with Crippen LogP contribution in [0.25, 0.3) is 0 Å². The fourth-order valence-corrected chi connectivity index (χ4v) is 1.23. The number of hydrogen-bond acceptors (Lipinski definition) is 3. The van der Waals surface area contributed by atoms with E-state index in [1.165, 1.54) is 19.7 Å². The van der Waals surface area contributed by atoms with Crippen molar-refractivity contribution in [3.63, 3.8) is 0 Å². The number of rotatable bonds is 3. The molecule has 1 aromatic carbocycles. The van der Waals surface area contributed by atoms with E-state index >= 15 is 0 Å². The zero-order valence-corrected chi connectivity index (χ0v) is 9.57. The third kappa shape index (κ3) is 5.18. The van der Waals surface area contributed by atoms with E-state index in [0.29, 0.717) is 6.42 Å². The highest BCUT2D eigenvalue weighted by Gasteiger charge is 2.10. The summed E-state index contributed by atoms with van der Waals surface area (Å²) in [4.78, 5) is 11.0. The second kappa shape index (κ2) is 8.00. The van der Waals surface area contributed by atoms with Gasteiger partial charge in [0.05, 0.1) is 13.5 Å². The zero-order chi connectivity index (χ0) is 11.7. The molecule has 0 radical (unpaired) electrons. The highest BCUT2D eigenvalue weighted by atomic mass is 16.5. The molecule has 0 bridgehead atoms. The molecule has 0 aromatic heterocycles. The quantitative estimate of drug-likeness (QED) is 0.774. The average Bonchev–Trinajstić information content (AvgIpc) is 2.32. The molecule has 0 saturated heterocycles. The van der Waals surface area contributed by atoms with Crippen LogP contribution in [-0.2, 0) is 9.53 Å². The van der Waals surface area contributed by atoms with E-state index < -0.39 is 0 Å². The summed E-state index contributed by atoms with van der Waals surface area (Å²) in [6, 6.07) is 9.96. The van der Waals surface area contributed by atoms with Crippen molar-refractivity contribution in [2.75, 3.05) is 14.2 Å². The smallest absolute Gasteiger partial charge is 0.306 e. The Bertz CT molecular complexity index is 272. The van der Waals surface area contributed by atoms with Crippen LogP contribution in [0.4, 0.5) is 0 Å². The Balaban J connectivity index is 0.000000921.